The molecule has 220 valence electrons. The Morgan fingerprint density at radius 3 is 2.07 bits per heavy atom. The van der Waals surface area contributed by atoms with Crippen LogP contribution in [0.15, 0.2) is 89.8 Å². The molecule has 2 aliphatic heterocycles. The van der Waals surface area contributed by atoms with Gasteiger partial charge in [-0.1, -0.05) is 72.4 Å². The van der Waals surface area contributed by atoms with Crippen molar-refractivity contribution in [2.75, 3.05) is 7.11 Å². The van der Waals surface area contributed by atoms with E-state index in [9.17, 15) is 5.11 Å². The van der Waals surface area contributed by atoms with Gasteiger partial charge in [0.2, 0.25) is 0 Å². The third-order valence-electron chi connectivity index (χ3n) is 7.49. The van der Waals surface area contributed by atoms with Gasteiger partial charge in [0.05, 0.1) is 44.7 Å². The molecule has 0 spiro atoms. The summed E-state index contributed by atoms with van der Waals surface area (Å²) in [5.74, 6) is 0.792. The molecular formula is C33H40O7S. The molecule has 0 aromatic heterocycles. The Labute approximate surface area is 247 Å². The number of methoxy groups -OCH3 is 1. The predicted octanol–water partition coefficient (Wildman–Crippen LogP) is 5.97. The maximum absolute atomic E-state index is 11.0. The van der Waals surface area contributed by atoms with Crippen LogP contribution in [0.5, 0.6) is 5.75 Å². The zero-order valence-corrected chi connectivity index (χ0v) is 24.7. The van der Waals surface area contributed by atoms with E-state index in [2.05, 4.69) is 24.3 Å². The Bertz CT molecular complexity index is 1170. The van der Waals surface area contributed by atoms with Crippen LogP contribution < -0.4 is 4.74 Å². The maximum Gasteiger partial charge on any atom is 0.161 e. The highest BCUT2D eigenvalue weighted by atomic mass is 32.2. The van der Waals surface area contributed by atoms with E-state index in [-0.39, 0.29) is 29.9 Å². The molecule has 0 bridgehead atoms. The van der Waals surface area contributed by atoms with Crippen LogP contribution in [0.2, 0.25) is 0 Å². The first kappa shape index (κ1) is 30.0. The predicted molar refractivity (Wildman–Crippen MR) is 158 cm³/mol. The number of aliphatic hydroxyl groups is 1. The van der Waals surface area contributed by atoms with Gasteiger partial charge in [-0.25, -0.2) is 0 Å². The number of rotatable bonds is 11. The van der Waals surface area contributed by atoms with Gasteiger partial charge in [-0.15, -0.1) is 0 Å². The number of hydrogen-bond donors (Lipinski definition) is 1. The molecule has 3 aromatic carbocycles. The molecule has 8 heteroatoms. The van der Waals surface area contributed by atoms with Crippen molar-refractivity contribution in [2.24, 2.45) is 0 Å². The summed E-state index contributed by atoms with van der Waals surface area (Å²) in [5, 5.41) is 11.0. The smallest absolute Gasteiger partial charge is 0.161 e. The lowest BCUT2D eigenvalue weighted by atomic mass is 10.0. The summed E-state index contributed by atoms with van der Waals surface area (Å²) in [5.41, 5.74) is 2.03. The molecule has 2 saturated heterocycles. The van der Waals surface area contributed by atoms with E-state index >= 15 is 0 Å². The number of hydrogen-bond acceptors (Lipinski definition) is 8. The lowest BCUT2D eigenvalue weighted by Crippen LogP contribution is -2.54. The van der Waals surface area contributed by atoms with E-state index in [1.165, 1.54) is 0 Å². The maximum atomic E-state index is 11.0. The molecule has 3 aromatic rings. The summed E-state index contributed by atoms with van der Waals surface area (Å²) < 4.78 is 36.9. The second-order valence-electron chi connectivity index (χ2n) is 10.6. The zero-order valence-electron chi connectivity index (χ0n) is 23.8. The Kier molecular flexibility index (Phi) is 10.7. The van der Waals surface area contributed by atoms with Gasteiger partial charge in [0.15, 0.2) is 6.29 Å². The normalized spacial score (nSPS) is 30.1. The molecule has 1 N–H and O–H groups in total. The van der Waals surface area contributed by atoms with Crippen LogP contribution in [0.25, 0.3) is 0 Å². The number of ether oxygens (including phenoxy) is 6. The number of thioether (sulfide) groups is 1. The second-order valence-corrected chi connectivity index (χ2v) is 11.8. The fraction of sp³-hybridized carbons (Fsp3) is 0.455. The second kappa shape index (κ2) is 14.6. The first-order valence-electron chi connectivity index (χ1n) is 14.2. The van der Waals surface area contributed by atoms with Crippen LogP contribution in [0, 0.1) is 0 Å². The van der Waals surface area contributed by atoms with Gasteiger partial charge in [-0.3, -0.25) is 0 Å². The standard InChI is InChI=1S/C33H40O7S/c1-22-32(37-21-25-14-16-26(35-3)17-15-25)28(34)18-30(38-22)40-33-23(2)39-31(41-27-12-8-5-9-13-27)19-29(33)36-20-24-10-6-4-7-11-24/h4-17,22-23,28-34H,18-21H2,1-3H3/t22-,23-,28+,29-,30-,31-,32-,33-/m1/s1. The van der Waals surface area contributed by atoms with Gasteiger partial charge in [-0.05, 0) is 49.2 Å². The minimum atomic E-state index is -0.730. The van der Waals surface area contributed by atoms with Gasteiger partial charge in [0.1, 0.15) is 23.4 Å². The van der Waals surface area contributed by atoms with Crippen molar-refractivity contribution < 1.29 is 33.5 Å². The molecule has 7 nitrogen and oxygen atoms in total. The van der Waals surface area contributed by atoms with Crippen molar-refractivity contribution >= 4 is 11.8 Å². The minimum Gasteiger partial charge on any atom is -0.497 e. The molecule has 41 heavy (non-hydrogen) atoms. The van der Waals surface area contributed by atoms with Gasteiger partial charge in [0, 0.05) is 17.7 Å². The highest BCUT2D eigenvalue weighted by molar-refractivity contribution is 7.99. The average molecular weight is 581 g/mol. The van der Waals surface area contributed by atoms with E-state index in [0.29, 0.717) is 26.1 Å². The molecule has 0 saturated carbocycles. The molecule has 5 rings (SSSR count). The topological polar surface area (TPSA) is 75.6 Å². The number of aliphatic hydroxyl groups excluding tert-OH is 1. The molecule has 2 aliphatic rings. The Morgan fingerprint density at radius 1 is 0.756 bits per heavy atom. The van der Waals surface area contributed by atoms with Gasteiger partial charge >= 0.3 is 0 Å². The van der Waals surface area contributed by atoms with E-state index in [4.69, 9.17) is 28.4 Å². The Hall–Kier alpha value is -2.43. The van der Waals surface area contributed by atoms with Crippen molar-refractivity contribution in [3.8, 4) is 5.75 Å². The van der Waals surface area contributed by atoms with Gasteiger partial charge in [0.25, 0.3) is 0 Å². The van der Waals surface area contributed by atoms with Crippen LogP contribution in [0.3, 0.4) is 0 Å². The van der Waals surface area contributed by atoms with Crippen LogP contribution in [-0.2, 0) is 36.9 Å². The summed E-state index contributed by atoms with van der Waals surface area (Å²) in [6.45, 7) is 4.78. The largest absolute Gasteiger partial charge is 0.497 e. The Balaban J connectivity index is 1.20. The van der Waals surface area contributed by atoms with Crippen molar-refractivity contribution in [1.29, 1.82) is 0 Å². The van der Waals surface area contributed by atoms with Crippen LogP contribution in [0.1, 0.15) is 37.8 Å². The molecule has 2 heterocycles. The number of benzene rings is 3. The monoisotopic (exact) mass is 580 g/mol. The first-order chi connectivity index (χ1) is 20.0. The molecule has 0 amide bonds. The molecule has 0 radical (unpaired) electrons. The van der Waals surface area contributed by atoms with Gasteiger partial charge < -0.3 is 33.5 Å². The molecular weight excluding hydrogens is 540 g/mol. The summed E-state index contributed by atoms with van der Waals surface area (Å²) in [6, 6.07) is 28.1. The zero-order chi connectivity index (χ0) is 28.6. The average Bonchev–Trinajstić information content (AvgIpc) is 2.98. The van der Waals surface area contributed by atoms with E-state index in [0.717, 1.165) is 21.8 Å². The van der Waals surface area contributed by atoms with Gasteiger partial charge in [-0.2, -0.15) is 0 Å². The first-order valence-corrected chi connectivity index (χ1v) is 15.1. The fourth-order valence-electron chi connectivity index (χ4n) is 5.30. The summed E-state index contributed by atoms with van der Waals surface area (Å²) >= 11 is 1.70. The SMILES string of the molecule is COc1ccc(CO[C@H]2[C@@H](O)C[C@@H](O[C@@H]3[C@@H](C)O[C@H](Sc4ccccc4)C[C@H]3OCc3ccccc3)O[C@@H]2C)cc1. The van der Waals surface area contributed by atoms with Crippen molar-refractivity contribution in [3.05, 3.63) is 96.1 Å². The minimum absolute atomic E-state index is 0.0689. The van der Waals surface area contributed by atoms with Crippen LogP contribution >= 0.6 is 11.8 Å². The molecule has 0 unspecified atom stereocenters. The summed E-state index contributed by atoms with van der Waals surface area (Å²) in [7, 11) is 1.64. The lowest BCUT2D eigenvalue weighted by molar-refractivity contribution is -0.298. The van der Waals surface area contributed by atoms with Crippen LogP contribution in [-0.4, -0.2) is 60.6 Å². The summed E-state index contributed by atoms with van der Waals surface area (Å²) in [4.78, 5) is 1.15. The van der Waals surface area contributed by atoms with E-state index in [1.54, 1.807) is 18.9 Å². The Morgan fingerprint density at radius 2 is 1.39 bits per heavy atom. The van der Waals surface area contributed by atoms with Crippen molar-refractivity contribution in [2.45, 2.75) is 93.1 Å². The lowest BCUT2D eigenvalue weighted by Gasteiger charge is -2.44. The third kappa shape index (κ3) is 8.32. The summed E-state index contributed by atoms with van der Waals surface area (Å²) in [6.07, 6.45) is -1.97. The van der Waals surface area contributed by atoms with Crippen LogP contribution in [0.4, 0.5) is 0 Å². The molecule has 2 fully saturated rings. The van der Waals surface area contributed by atoms with E-state index in [1.807, 2.05) is 74.5 Å². The molecule has 8 atom stereocenters. The van der Waals surface area contributed by atoms with E-state index < -0.39 is 18.5 Å². The fourth-order valence-corrected chi connectivity index (χ4v) is 6.44. The molecule has 0 aliphatic carbocycles. The van der Waals surface area contributed by atoms with Crippen molar-refractivity contribution in [3.63, 3.8) is 0 Å². The highest BCUT2D eigenvalue weighted by Gasteiger charge is 2.43. The quantitative estimate of drug-likeness (QED) is 0.297. The highest BCUT2D eigenvalue weighted by Crippen LogP contribution is 2.37. The van der Waals surface area contributed by atoms with Crippen molar-refractivity contribution in [1.82, 2.24) is 0 Å². The third-order valence-corrected chi connectivity index (χ3v) is 8.60.